The molecule has 1 atom stereocenters. The van der Waals surface area contributed by atoms with Crippen LogP contribution in [0.5, 0.6) is 5.75 Å². The highest BCUT2D eigenvalue weighted by Gasteiger charge is 2.20. The number of nitrogens with zero attached hydrogens (tertiary/aromatic N) is 2. The molecule has 0 bridgehead atoms. The zero-order valence-corrected chi connectivity index (χ0v) is 30.7. The Bertz CT molecular complexity index is 1880. The molecular weight excluding hydrogens is 747 g/mol. The van der Waals surface area contributed by atoms with Gasteiger partial charge < -0.3 is 26.2 Å². The number of aliphatic carboxylic acids is 1. The second-order valence-corrected chi connectivity index (χ2v) is 14.3. The minimum absolute atomic E-state index is 0.00324. The molecule has 0 radical (unpaired) electrons. The van der Waals surface area contributed by atoms with Crippen molar-refractivity contribution in [1.29, 1.82) is 0 Å². The lowest BCUT2D eigenvalue weighted by atomic mass is 10.1. The van der Waals surface area contributed by atoms with Crippen molar-refractivity contribution in [2.24, 2.45) is 5.14 Å². The van der Waals surface area contributed by atoms with Gasteiger partial charge in [-0.15, -0.1) is 0 Å². The van der Waals surface area contributed by atoms with Crippen LogP contribution in [0.25, 0.3) is 0 Å². The number of hydrogen-bond donors (Lipinski definition) is 8. The van der Waals surface area contributed by atoms with E-state index in [0.717, 1.165) is 5.56 Å². The highest BCUT2D eigenvalue weighted by Crippen LogP contribution is 2.14. The summed E-state index contributed by atoms with van der Waals surface area (Å²) in [4.78, 5) is 65.4. The minimum atomic E-state index is -3.93. The molecule has 0 saturated carbocycles. The number of hydrogen-bond acceptors (Lipinski definition) is 11. The lowest BCUT2D eigenvalue weighted by molar-refractivity contribution is -0.139. The Morgan fingerprint density at radius 2 is 1.24 bits per heavy atom. The molecule has 18 nitrogen and oxygen atoms in total. The fourth-order valence-electron chi connectivity index (χ4n) is 5.03. The number of nitrogens with one attached hydrogen (secondary N) is 4. The number of aromatic hydroxyl groups is 1. The number of amides is 3. The Morgan fingerprint density at radius 3 is 1.81 bits per heavy atom. The quantitative estimate of drug-likeness (QED) is 0.0461. The number of carboxylic acids is 1. The molecule has 292 valence electrons. The Morgan fingerprint density at radius 1 is 0.704 bits per heavy atom. The van der Waals surface area contributed by atoms with Gasteiger partial charge in [-0.05, 0) is 66.1 Å². The fraction of sp³-hybridized carbons (Fsp3) is 0.324. The van der Waals surface area contributed by atoms with Gasteiger partial charge in [-0.1, -0.05) is 24.3 Å². The van der Waals surface area contributed by atoms with Gasteiger partial charge in [0, 0.05) is 50.4 Å². The predicted octanol–water partition coefficient (Wildman–Crippen LogP) is -0.108. The molecule has 0 spiro atoms. The number of carbonyl (C=O) groups is 5. The fourth-order valence-corrected chi connectivity index (χ4v) is 5.88. The van der Waals surface area contributed by atoms with Crippen LogP contribution in [0.15, 0.2) is 77.7 Å². The van der Waals surface area contributed by atoms with E-state index in [2.05, 4.69) is 20.7 Å². The summed E-state index contributed by atoms with van der Waals surface area (Å²) in [6.45, 7) is -1.24. The second kappa shape index (κ2) is 21.5. The number of phenols is 1. The first-order valence-electron chi connectivity index (χ1n) is 16.4. The number of nitrogens with two attached hydrogens (primary N) is 1. The standard InChI is InChI=1S/C34H43N7O11S2/c35-54(51,52)30-12-3-25(4-13-30)19-29(43)20-40(21-32(45)37-16-15-36-31(44)14-5-24-1-10-28(42)11-2-24)17-18-41(23-34(47)48)22-33(46)38-26-6-8-27(9-7-26)39-53(49)50/h1-4,6-13,39,42H,5,14-23H2,(H,36,44)(H,37,45)(H,38,46)(H,47,48)(H,49,50)(H2,35,51,52). The molecule has 3 aromatic carbocycles. The molecule has 0 aromatic heterocycles. The van der Waals surface area contributed by atoms with Gasteiger partial charge in [0.2, 0.25) is 27.7 Å². The summed E-state index contributed by atoms with van der Waals surface area (Å²) in [6, 6.07) is 17.8. The molecule has 9 N–H and O–H groups in total. The van der Waals surface area contributed by atoms with Crippen molar-refractivity contribution in [2.75, 3.05) is 62.4 Å². The molecule has 3 rings (SSSR count). The smallest absolute Gasteiger partial charge is 0.317 e. The van der Waals surface area contributed by atoms with E-state index in [0.29, 0.717) is 23.4 Å². The Balaban J connectivity index is 1.59. The van der Waals surface area contributed by atoms with Crippen molar-refractivity contribution in [3.05, 3.63) is 83.9 Å². The Labute approximate surface area is 314 Å². The molecule has 3 aromatic rings. The molecule has 3 amide bonds. The van der Waals surface area contributed by atoms with E-state index in [-0.39, 0.29) is 81.0 Å². The van der Waals surface area contributed by atoms with Crippen molar-refractivity contribution in [1.82, 2.24) is 20.4 Å². The molecule has 20 heteroatoms. The van der Waals surface area contributed by atoms with E-state index in [1.54, 1.807) is 12.1 Å². The normalized spacial score (nSPS) is 11.9. The molecule has 54 heavy (non-hydrogen) atoms. The SMILES string of the molecule is NS(=O)(=O)c1ccc(CC(=O)CN(CCN(CC(=O)O)CC(=O)Nc2ccc(NS(=O)O)cc2)CC(=O)NCCNC(=O)CCc2ccc(O)cc2)cc1. The van der Waals surface area contributed by atoms with E-state index in [1.165, 1.54) is 70.5 Å². The first kappa shape index (κ1) is 43.2. The van der Waals surface area contributed by atoms with E-state index < -0.39 is 45.6 Å². The monoisotopic (exact) mass is 789 g/mol. The first-order valence-corrected chi connectivity index (χ1v) is 19.1. The third-order valence-corrected chi connectivity index (χ3v) is 8.94. The number of phenolic OH excluding ortho intramolecular Hbond substituents is 1. The average molecular weight is 790 g/mol. The molecule has 1 unspecified atom stereocenters. The number of Topliss-reactive ketones (excluding diaryl/α,β-unsaturated/α-hetero) is 1. The van der Waals surface area contributed by atoms with E-state index in [4.69, 9.17) is 9.69 Å². The molecule has 0 aliphatic rings. The van der Waals surface area contributed by atoms with Gasteiger partial charge in [0.25, 0.3) is 11.3 Å². The molecule has 0 aliphatic carbocycles. The van der Waals surface area contributed by atoms with Crippen LogP contribution >= 0.6 is 0 Å². The van der Waals surface area contributed by atoms with Crippen molar-refractivity contribution in [3.63, 3.8) is 0 Å². The van der Waals surface area contributed by atoms with Crippen molar-refractivity contribution in [2.45, 2.75) is 24.2 Å². The summed E-state index contributed by atoms with van der Waals surface area (Å²) < 4.78 is 45.3. The average Bonchev–Trinajstić information content (AvgIpc) is 3.09. The van der Waals surface area contributed by atoms with Gasteiger partial charge in [0.05, 0.1) is 31.1 Å². The molecule has 0 fully saturated rings. The third-order valence-electron chi connectivity index (χ3n) is 7.60. The Kier molecular flexibility index (Phi) is 17.1. The predicted molar refractivity (Wildman–Crippen MR) is 199 cm³/mol. The van der Waals surface area contributed by atoms with Crippen LogP contribution in [0.3, 0.4) is 0 Å². The van der Waals surface area contributed by atoms with Gasteiger partial charge >= 0.3 is 5.97 Å². The van der Waals surface area contributed by atoms with Crippen LogP contribution in [0, 0.1) is 0 Å². The second-order valence-electron chi connectivity index (χ2n) is 12.1. The van der Waals surface area contributed by atoms with Crippen LogP contribution in [0.2, 0.25) is 0 Å². The first-order chi connectivity index (χ1) is 25.5. The number of anilines is 2. The molecule has 0 heterocycles. The lowest BCUT2D eigenvalue weighted by Crippen LogP contribution is -2.46. The number of benzene rings is 3. The van der Waals surface area contributed by atoms with Gasteiger partial charge in [0.1, 0.15) is 5.75 Å². The number of carboxylic acid groups (broad SMARTS) is 1. The third kappa shape index (κ3) is 17.1. The summed E-state index contributed by atoms with van der Waals surface area (Å²) in [5.41, 5.74) is 2.04. The van der Waals surface area contributed by atoms with Crippen LogP contribution in [-0.4, -0.2) is 119 Å². The van der Waals surface area contributed by atoms with Crippen LogP contribution in [-0.2, 0) is 58.1 Å². The van der Waals surface area contributed by atoms with Crippen LogP contribution < -0.4 is 25.8 Å². The van der Waals surface area contributed by atoms with E-state index in [1.807, 2.05) is 0 Å². The summed E-state index contributed by atoms with van der Waals surface area (Å²) in [7, 11) is -3.93. The number of ketones is 1. The van der Waals surface area contributed by atoms with Gasteiger partial charge in [-0.3, -0.25) is 43.0 Å². The van der Waals surface area contributed by atoms with E-state index in [9.17, 15) is 46.8 Å². The summed E-state index contributed by atoms with van der Waals surface area (Å²) in [5.74, 6) is -2.71. The largest absolute Gasteiger partial charge is 0.508 e. The number of sulfonamides is 1. The number of carbonyl (C=O) groups excluding carboxylic acids is 4. The maximum Gasteiger partial charge on any atom is 0.317 e. The lowest BCUT2D eigenvalue weighted by Gasteiger charge is -2.26. The maximum absolute atomic E-state index is 13.1. The van der Waals surface area contributed by atoms with Crippen LogP contribution in [0.4, 0.5) is 11.4 Å². The number of aryl methyl sites for hydroxylation is 1. The highest BCUT2D eigenvalue weighted by atomic mass is 32.2. The van der Waals surface area contributed by atoms with E-state index >= 15 is 0 Å². The van der Waals surface area contributed by atoms with Crippen LogP contribution in [0.1, 0.15) is 17.5 Å². The van der Waals surface area contributed by atoms with Crippen molar-refractivity contribution in [3.8, 4) is 5.75 Å². The summed E-state index contributed by atoms with van der Waals surface area (Å²) >= 11 is -2.28. The topological polar surface area (TPSA) is 278 Å². The maximum atomic E-state index is 13.1. The van der Waals surface area contributed by atoms with Gasteiger partial charge in [0.15, 0.2) is 5.78 Å². The number of rotatable bonds is 23. The van der Waals surface area contributed by atoms with Crippen molar-refractivity contribution < 1.29 is 51.4 Å². The molecular formula is C34H43N7O11S2. The zero-order chi connectivity index (χ0) is 39.7. The van der Waals surface area contributed by atoms with Gasteiger partial charge in [-0.2, -0.15) is 0 Å². The van der Waals surface area contributed by atoms with Crippen molar-refractivity contribution >= 4 is 62.1 Å². The summed E-state index contributed by atoms with van der Waals surface area (Å²) in [5, 5.41) is 32.0. The highest BCUT2D eigenvalue weighted by molar-refractivity contribution is 7.89. The number of primary sulfonamides is 1. The van der Waals surface area contributed by atoms with Gasteiger partial charge in [-0.25, -0.2) is 17.8 Å². The minimum Gasteiger partial charge on any atom is -0.508 e. The molecule has 0 saturated heterocycles. The summed E-state index contributed by atoms with van der Waals surface area (Å²) in [6.07, 6.45) is 0.545. The zero-order valence-electron chi connectivity index (χ0n) is 29.1. The molecule has 0 aliphatic heterocycles. The Hall–Kier alpha value is -5.25.